The summed E-state index contributed by atoms with van der Waals surface area (Å²) < 4.78 is 5.00. The minimum Gasteiger partial charge on any atom is -0.385 e. The van der Waals surface area contributed by atoms with Gasteiger partial charge in [-0.05, 0) is 39.5 Å². The van der Waals surface area contributed by atoms with Gasteiger partial charge in [0.15, 0.2) is 0 Å². The summed E-state index contributed by atoms with van der Waals surface area (Å²) in [6.07, 6.45) is 2.38. The third-order valence-electron chi connectivity index (χ3n) is 3.13. The molecule has 1 heterocycles. The number of hydrogen-bond donors (Lipinski definition) is 1. The molecule has 0 bridgehead atoms. The topological polar surface area (TPSA) is 27.7 Å². The van der Waals surface area contributed by atoms with Gasteiger partial charge in [0.05, 0.1) is 0 Å². The van der Waals surface area contributed by atoms with Gasteiger partial charge in [0.2, 0.25) is 0 Å². The molecule has 0 radical (unpaired) electrons. The molecule has 0 aromatic rings. The average molecular weight is 259 g/mol. The van der Waals surface area contributed by atoms with Gasteiger partial charge in [-0.25, -0.2) is 0 Å². The van der Waals surface area contributed by atoms with Gasteiger partial charge in [0.1, 0.15) is 0 Å². The number of piperazine rings is 1. The van der Waals surface area contributed by atoms with Gasteiger partial charge < -0.3 is 19.9 Å². The molecule has 1 rings (SSSR count). The first-order valence-electron chi connectivity index (χ1n) is 7.43. The summed E-state index contributed by atoms with van der Waals surface area (Å²) in [5, 5.41) is 3.45. The normalized spacial score (nSPS) is 17.3. The van der Waals surface area contributed by atoms with Gasteiger partial charge in [-0.2, -0.15) is 0 Å². The lowest BCUT2D eigenvalue weighted by Gasteiger charge is -2.32. The second kappa shape index (κ2) is 13.3. The number of nitrogens with zero attached hydrogens (tertiary/aromatic N) is 2. The molecular weight excluding hydrogens is 226 g/mol. The highest BCUT2D eigenvalue weighted by Gasteiger charge is 2.12. The molecule has 0 amide bonds. The number of ether oxygens (including phenoxy) is 1. The Balaban J connectivity index is 0.00000137. The zero-order valence-electron chi connectivity index (χ0n) is 12.9. The largest absolute Gasteiger partial charge is 0.385 e. The van der Waals surface area contributed by atoms with Crippen LogP contribution in [0.1, 0.15) is 26.7 Å². The third-order valence-corrected chi connectivity index (χ3v) is 3.13. The fourth-order valence-electron chi connectivity index (χ4n) is 1.97. The van der Waals surface area contributed by atoms with Crippen LogP contribution in [0.2, 0.25) is 0 Å². The van der Waals surface area contributed by atoms with Crippen LogP contribution in [0.5, 0.6) is 0 Å². The Morgan fingerprint density at radius 3 is 2.22 bits per heavy atom. The summed E-state index contributed by atoms with van der Waals surface area (Å²) in [4.78, 5) is 4.97. The van der Waals surface area contributed by atoms with Crippen molar-refractivity contribution in [3.63, 3.8) is 0 Å². The van der Waals surface area contributed by atoms with Gasteiger partial charge in [0.25, 0.3) is 0 Å². The Morgan fingerprint density at radius 2 is 1.61 bits per heavy atom. The first kappa shape index (κ1) is 17.8. The minimum atomic E-state index is 0.867. The van der Waals surface area contributed by atoms with Crippen LogP contribution in [0.25, 0.3) is 0 Å². The minimum absolute atomic E-state index is 0.867. The molecule has 1 saturated heterocycles. The second-order valence-electron chi connectivity index (χ2n) is 4.59. The quantitative estimate of drug-likeness (QED) is 0.665. The van der Waals surface area contributed by atoms with Crippen LogP contribution in [-0.4, -0.2) is 76.4 Å². The number of hydrogen-bond acceptors (Lipinski definition) is 4. The molecule has 0 spiro atoms. The standard InChI is InChI=1S/C12H27N3O.C2H6/c1-14-8-10-15(11-9-14)7-3-5-13-6-4-12-16-2;1-2/h13H,3-12H2,1-2H3;1-2H3. The van der Waals surface area contributed by atoms with Gasteiger partial charge in [0, 0.05) is 39.9 Å². The van der Waals surface area contributed by atoms with E-state index in [0.717, 1.165) is 26.1 Å². The van der Waals surface area contributed by atoms with Crippen molar-refractivity contribution in [1.29, 1.82) is 0 Å². The number of nitrogens with one attached hydrogen (secondary N) is 1. The van der Waals surface area contributed by atoms with Crippen LogP contribution in [-0.2, 0) is 4.74 Å². The third kappa shape index (κ3) is 9.83. The molecule has 1 fully saturated rings. The van der Waals surface area contributed by atoms with E-state index in [9.17, 15) is 0 Å². The monoisotopic (exact) mass is 259 g/mol. The van der Waals surface area contributed by atoms with Crippen LogP contribution in [0.4, 0.5) is 0 Å². The smallest absolute Gasteiger partial charge is 0.0474 e. The lowest BCUT2D eigenvalue weighted by Crippen LogP contribution is -2.45. The zero-order valence-corrected chi connectivity index (χ0v) is 12.9. The molecule has 1 aliphatic rings. The van der Waals surface area contributed by atoms with E-state index in [0.29, 0.717) is 0 Å². The van der Waals surface area contributed by atoms with E-state index >= 15 is 0 Å². The van der Waals surface area contributed by atoms with Gasteiger partial charge in [-0.1, -0.05) is 13.8 Å². The molecule has 1 N–H and O–H groups in total. The Bertz CT molecular complexity index is 159. The summed E-state index contributed by atoms with van der Waals surface area (Å²) in [6, 6.07) is 0. The van der Waals surface area contributed by atoms with E-state index in [1.165, 1.54) is 39.1 Å². The summed E-state index contributed by atoms with van der Waals surface area (Å²) in [5.74, 6) is 0. The van der Waals surface area contributed by atoms with E-state index in [1.54, 1.807) is 7.11 Å². The van der Waals surface area contributed by atoms with Crippen LogP contribution in [0.3, 0.4) is 0 Å². The van der Waals surface area contributed by atoms with Crippen molar-refractivity contribution in [3.8, 4) is 0 Å². The van der Waals surface area contributed by atoms with Crippen LogP contribution in [0.15, 0.2) is 0 Å². The Kier molecular flexibility index (Phi) is 13.2. The molecule has 0 atom stereocenters. The van der Waals surface area contributed by atoms with Crippen LogP contribution in [0, 0.1) is 0 Å². The van der Waals surface area contributed by atoms with Crippen molar-refractivity contribution in [3.05, 3.63) is 0 Å². The van der Waals surface area contributed by atoms with Gasteiger partial charge >= 0.3 is 0 Å². The highest BCUT2D eigenvalue weighted by molar-refractivity contribution is 4.69. The summed E-state index contributed by atoms with van der Waals surface area (Å²) in [6.45, 7) is 13.2. The predicted octanol–water partition coefficient (Wildman–Crippen LogP) is 1.28. The summed E-state index contributed by atoms with van der Waals surface area (Å²) in [7, 11) is 3.96. The Labute approximate surface area is 114 Å². The fourth-order valence-corrected chi connectivity index (χ4v) is 1.97. The van der Waals surface area contributed by atoms with Gasteiger partial charge in [-0.3, -0.25) is 0 Å². The number of methoxy groups -OCH3 is 1. The van der Waals surface area contributed by atoms with E-state index in [4.69, 9.17) is 4.74 Å². The molecule has 18 heavy (non-hydrogen) atoms. The second-order valence-corrected chi connectivity index (χ2v) is 4.59. The SMILES string of the molecule is CC.COCCCNCCCN1CCN(C)CC1. The molecule has 4 nitrogen and oxygen atoms in total. The Morgan fingerprint density at radius 1 is 1.00 bits per heavy atom. The first-order chi connectivity index (χ1) is 8.83. The molecule has 0 aromatic carbocycles. The van der Waals surface area contributed by atoms with Crippen LogP contribution < -0.4 is 5.32 Å². The van der Waals surface area contributed by atoms with E-state index in [1.807, 2.05) is 13.8 Å². The summed E-state index contributed by atoms with van der Waals surface area (Å²) in [5.41, 5.74) is 0. The molecule has 0 aromatic heterocycles. The number of likely N-dealkylation sites (N-methyl/N-ethyl adjacent to an activating group) is 1. The van der Waals surface area contributed by atoms with Crippen molar-refractivity contribution in [2.45, 2.75) is 26.7 Å². The maximum Gasteiger partial charge on any atom is 0.0474 e. The maximum absolute atomic E-state index is 5.00. The van der Waals surface area contributed by atoms with E-state index in [2.05, 4.69) is 22.2 Å². The number of rotatable bonds is 8. The van der Waals surface area contributed by atoms with E-state index in [-0.39, 0.29) is 0 Å². The highest BCUT2D eigenvalue weighted by Crippen LogP contribution is 1.99. The molecule has 4 heteroatoms. The highest BCUT2D eigenvalue weighted by atomic mass is 16.5. The maximum atomic E-state index is 5.00. The van der Waals surface area contributed by atoms with Crippen molar-refractivity contribution in [2.24, 2.45) is 0 Å². The predicted molar refractivity (Wildman–Crippen MR) is 79.3 cm³/mol. The molecule has 110 valence electrons. The molecule has 1 aliphatic heterocycles. The van der Waals surface area contributed by atoms with Crippen molar-refractivity contribution in [2.75, 3.05) is 66.6 Å². The lowest BCUT2D eigenvalue weighted by molar-refractivity contribution is 0.152. The zero-order chi connectivity index (χ0) is 13.6. The van der Waals surface area contributed by atoms with Gasteiger partial charge in [-0.15, -0.1) is 0 Å². The average Bonchev–Trinajstić information content (AvgIpc) is 2.42. The molecule has 0 saturated carbocycles. The van der Waals surface area contributed by atoms with Crippen molar-refractivity contribution < 1.29 is 4.74 Å². The lowest BCUT2D eigenvalue weighted by atomic mass is 10.3. The molecular formula is C14H33N3O. The molecule has 0 unspecified atom stereocenters. The van der Waals surface area contributed by atoms with Crippen molar-refractivity contribution >= 4 is 0 Å². The van der Waals surface area contributed by atoms with Crippen LogP contribution >= 0.6 is 0 Å². The van der Waals surface area contributed by atoms with E-state index < -0.39 is 0 Å². The first-order valence-corrected chi connectivity index (χ1v) is 7.43. The molecule has 0 aliphatic carbocycles. The fraction of sp³-hybridized carbons (Fsp3) is 1.00. The Hall–Kier alpha value is -0.160. The summed E-state index contributed by atoms with van der Waals surface area (Å²) >= 11 is 0. The van der Waals surface area contributed by atoms with Crippen molar-refractivity contribution in [1.82, 2.24) is 15.1 Å².